The second-order valence-corrected chi connectivity index (χ2v) is 5.92. The highest BCUT2D eigenvalue weighted by Crippen LogP contribution is 2.22. The number of benzene rings is 1. The lowest BCUT2D eigenvalue weighted by Crippen LogP contribution is -2.29. The van der Waals surface area contributed by atoms with Crippen LogP contribution in [-0.2, 0) is 10.0 Å². The molecule has 1 aromatic rings. The van der Waals surface area contributed by atoms with Crippen molar-refractivity contribution in [2.75, 3.05) is 13.7 Å². The molecule has 0 spiro atoms. The number of rotatable bonds is 7. The van der Waals surface area contributed by atoms with E-state index < -0.39 is 10.0 Å². The third-order valence-electron chi connectivity index (χ3n) is 3.08. The van der Waals surface area contributed by atoms with Crippen molar-refractivity contribution in [1.82, 2.24) is 4.72 Å². The smallest absolute Gasteiger partial charge is 0.244 e. The van der Waals surface area contributed by atoms with E-state index in [0.29, 0.717) is 18.2 Å². The van der Waals surface area contributed by atoms with Crippen molar-refractivity contribution < 1.29 is 13.2 Å². The van der Waals surface area contributed by atoms with Crippen molar-refractivity contribution in [3.05, 3.63) is 24.3 Å². The molecule has 0 aliphatic rings. The molecule has 0 aliphatic heterocycles. The summed E-state index contributed by atoms with van der Waals surface area (Å²) in [5, 5.41) is 0. The number of sulfonamides is 1. The first-order valence-corrected chi connectivity index (χ1v) is 7.66. The molecule has 0 radical (unpaired) electrons. The predicted molar refractivity (Wildman–Crippen MR) is 72.3 cm³/mol. The van der Waals surface area contributed by atoms with Crippen LogP contribution in [0.25, 0.3) is 0 Å². The van der Waals surface area contributed by atoms with Crippen molar-refractivity contribution in [3.8, 4) is 5.75 Å². The number of methoxy groups -OCH3 is 1. The Morgan fingerprint density at radius 2 is 1.83 bits per heavy atom. The summed E-state index contributed by atoms with van der Waals surface area (Å²) in [7, 11) is -2.03. The lowest BCUT2D eigenvalue weighted by molar-refractivity contribution is 0.401. The molecule has 0 fully saturated rings. The van der Waals surface area contributed by atoms with Gasteiger partial charge >= 0.3 is 0 Å². The predicted octanol–water partition coefficient (Wildman–Crippen LogP) is 2.41. The fourth-order valence-corrected chi connectivity index (χ4v) is 3.01. The first kappa shape index (κ1) is 15.0. The molecule has 102 valence electrons. The first-order valence-electron chi connectivity index (χ1n) is 6.17. The van der Waals surface area contributed by atoms with E-state index in [0.717, 1.165) is 12.8 Å². The molecular formula is C13H21NO3S. The quantitative estimate of drug-likeness (QED) is 0.828. The number of hydrogen-bond donors (Lipinski definition) is 1. The van der Waals surface area contributed by atoms with E-state index in [9.17, 15) is 8.42 Å². The maximum atomic E-state index is 12.2. The zero-order valence-electron chi connectivity index (χ0n) is 11.1. The van der Waals surface area contributed by atoms with Crippen LogP contribution in [0.2, 0.25) is 0 Å². The van der Waals surface area contributed by atoms with Crippen LogP contribution < -0.4 is 9.46 Å². The fourth-order valence-electron chi connectivity index (χ4n) is 1.72. The maximum absolute atomic E-state index is 12.2. The van der Waals surface area contributed by atoms with Gasteiger partial charge in [0.2, 0.25) is 10.0 Å². The minimum Gasteiger partial charge on any atom is -0.495 e. The summed E-state index contributed by atoms with van der Waals surface area (Å²) < 4.78 is 32.0. The number of hydrogen-bond acceptors (Lipinski definition) is 3. The normalized spacial score (nSPS) is 11.8. The molecule has 0 heterocycles. The number of ether oxygens (including phenoxy) is 1. The standard InChI is InChI=1S/C13H21NO3S/c1-4-11(5-2)10-14-18(15,16)13-9-7-6-8-12(13)17-3/h6-9,11,14H,4-5,10H2,1-3H3. The Balaban J connectivity index is 2.86. The van der Waals surface area contributed by atoms with Crippen LogP contribution in [0.5, 0.6) is 5.75 Å². The molecule has 0 bridgehead atoms. The van der Waals surface area contributed by atoms with E-state index in [4.69, 9.17) is 4.74 Å². The third kappa shape index (κ3) is 3.71. The topological polar surface area (TPSA) is 55.4 Å². The van der Waals surface area contributed by atoms with Crippen LogP contribution in [0.1, 0.15) is 26.7 Å². The van der Waals surface area contributed by atoms with Crippen LogP contribution in [0.3, 0.4) is 0 Å². The Kier molecular flexibility index (Phi) is 5.62. The van der Waals surface area contributed by atoms with Gasteiger partial charge in [-0.25, -0.2) is 13.1 Å². The SMILES string of the molecule is CCC(CC)CNS(=O)(=O)c1ccccc1OC. The van der Waals surface area contributed by atoms with Crippen molar-refractivity contribution in [2.24, 2.45) is 5.92 Å². The summed E-state index contributed by atoms with van der Waals surface area (Å²) in [6, 6.07) is 6.63. The van der Waals surface area contributed by atoms with Crippen LogP contribution in [0, 0.1) is 5.92 Å². The average molecular weight is 271 g/mol. The molecule has 1 N–H and O–H groups in total. The van der Waals surface area contributed by atoms with E-state index in [2.05, 4.69) is 18.6 Å². The van der Waals surface area contributed by atoms with E-state index in [1.54, 1.807) is 24.3 Å². The second kappa shape index (κ2) is 6.75. The summed E-state index contributed by atoms with van der Waals surface area (Å²) in [6.07, 6.45) is 1.93. The van der Waals surface area contributed by atoms with Gasteiger partial charge < -0.3 is 4.74 Å². The molecule has 4 nitrogen and oxygen atoms in total. The van der Waals surface area contributed by atoms with Crippen LogP contribution in [0.4, 0.5) is 0 Å². The van der Waals surface area contributed by atoms with Crippen molar-refractivity contribution in [1.29, 1.82) is 0 Å². The first-order chi connectivity index (χ1) is 8.55. The largest absolute Gasteiger partial charge is 0.495 e. The Morgan fingerprint density at radius 3 is 2.39 bits per heavy atom. The van der Waals surface area contributed by atoms with Gasteiger partial charge in [-0.2, -0.15) is 0 Å². The molecule has 18 heavy (non-hydrogen) atoms. The molecule has 1 aromatic carbocycles. The summed E-state index contributed by atoms with van der Waals surface area (Å²) in [6.45, 7) is 4.59. The minimum absolute atomic E-state index is 0.193. The van der Waals surface area contributed by atoms with Crippen molar-refractivity contribution in [3.63, 3.8) is 0 Å². The molecule has 0 saturated heterocycles. The van der Waals surface area contributed by atoms with Gasteiger partial charge in [-0.3, -0.25) is 0 Å². The van der Waals surface area contributed by atoms with Gasteiger partial charge in [-0.1, -0.05) is 38.8 Å². The number of para-hydroxylation sites is 1. The summed E-state index contributed by atoms with van der Waals surface area (Å²) >= 11 is 0. The van der Waals surface area contributed by atoms with E-state index in [1.807, 2.05) is 0 Å². The molecule has 0 aromatic heterocycles. The van der Waals surface area contributed by atoms with Crippen molar-refractivity contribution in [2.45, 2.75) is 31.6 Å². The van der Waals surface area contributed by atoms with Gasteiger partial charge in [-0.05, 0) is 18.1 Å². The van der Waals surface area contributed by atoms with Gasteiger partial charge in [0.1, 0.15) is 10.6 Å². The van der Waals surface area contributed by atoms with Crippen molar-refractivity contribution >= 4 is 10.0 Å². The molecule has 0 saturated carbocycles. The molecule has 0 aliphatic carbocycles. The second-order valence-electron chi connectivity index (χ2n) is 4.19. The van der Waals surface area contributed by atoms with Crippen LogP contribution in [-0.4, -0.2) is 22.1 Å². The van der Waals surface area contributed by atoms with Gasteiger partial charge in [0, 0.05) is 6.54 Å². The van der Waals surface area contributed by atoms with Gasteiger partial charge in [-0.15, -0.1) is 0 Å². The maximum Gasteiger partial charge on any atom is 0.244 e. The van der Waals surface area contributed by atoms with Crippen LogP contribution in [0.15, 0.2) is 29.2 Å². The van der Waals surface area contributed by atoms with Gasteiger partial charge in [0.15, 0.2) is 0 Å². The summed E-state index contributed by atoms with van der Waals surface area (Å²) in [4.78, 5) is 0.193. The highest BCUT2D eigenvalue weighted by atomic mass is 32.2. The average Bonchev–Trinajstić information content (AvgIpc) is 2.39. The zero-order chi connectivity index (χ0) is 13.6. The number of nitrogens with one attached hydrogen (secondary N) is 1. The third-order valence-corrected chi connectivity index (χ3v) is 4.54. The zero-order valence-corrected chi connectivity index (χ0v) is 12.0. The highest BCUT2D eigenvalue weighted by molar-refractivity contribution is 7.89. The fraction of sp³-hybridized carbons (Fsp3) is 0.538. The Hall–Kier alpha value is -1.07. The Labute approximate surface area is 109 Å². The molecule has 1 rings (SSSR count). The van der Waals surface area contributed by atoms with Gasteiger partial charge in [0.25, 0.3) is 0 Å². The van der Waals surface area contributed by atoms with E-state index in [1.165, 1.54) is 7.11 Å². The summed E-state index contributed by atoms with van der Waals surface area (Å²) in [5.74, 6) is 0.740. The molecule has 5 heteroatoms. The monoisotopic (exact) mass is 271 g/mol. The Morgan fingerprint density at radius 1 is 1.22 bits per heavy atom. The minimum atomic E-state index is -3.49. The Bertz CT molecular complexity index is 467. The molecule has 0 amide bonds. The highest BCUT2D eigenvalue weighted by Gasteiger charge is 2.19. The lowest BCUT2D eigenvalue weighted by atomic mass is 10.0. The molecular weight excluding hydrogens is 250 g/mol. The molecule has 0 atom stereocenters. The van der Waals surface area contributed by atoms with Crippen LogP contribution >= 0.6 is 0 Å². The lowest BCUT2D eigenvalue weighted by Gasteiger charge is -2.14. The van der Waals surface area contributed by atoms with Gasteiger partial charge in [0.05, 0.1) is 7.11 Å². The van der Waals surface area contributed by atoms with E-state index >= 15 is 0 Å². The summed E-state index contributed by atoms with van der Waals surface area (Å²) in [5.41, 5.74) is 0. The van der Waals surface area contributed by atoms with E-state index in [-0.39, 0.29) is 4.90 Å². The molecule has 0 unspecified atom stereocenters.